The Bertz CT molecular complexity index is 127. The van der Waals surface area contributed by atoms with Crippen molar-refractivity contribution in [3.63, 3.8) is 0 Å². The molecular weight excluding hydrogens is 222 g/mol. The van der Waals surface area contributed by atoms with E-state index < -0.39 is 0 Å². The molecule has 0 spiro atoms. The minimum Gasteiger partial charge on any atom is -0.379 e. The van der Waals surface area contributed by atoms with E-state index in [1.165, 1.54) is 0 Å². The second-order valence-electron chi connectivity index (χ2n) is 3.39. The third kappa shape index (κ3) is 15.8. The molecule has 0 aliphatic carbocycles. The van der Waals surface area contributed by atoms with E-state index in [1.807, 2.05) is 6.92 Å². The number of rotatable bonds is 14. The maximum atomic E-state index is 5.35. The molecule has 0 aromatic heterocycles. The van der Waals surface area contributed by atoms with Gasteiger partial charge in [-0.3, -0.25) is 0 Å². The van der Waals surface area contributed by atoms with Crippen LogP contribution < -0.4 is 5.32 Å². The van der Waals surface area contributed by atoms with Crippen LogP contribution in [0.2, 0.25) is 0 Å². The van der Waals surface area contributed by atoms with Crippen molar-refractivity contribution in [1.82, 2.24) is 5.32 Å². The lowest BCUT2D eigenvalue weighted by molar-refractivity contribution is -0.0000711. The zero-order valence-corrected chi connectivity index (χ0v) is 11.2. The number of likely N-dealkylation sites (N-methyl/N-ethyl adjacent to an activating group) is 1. The highest BCUT2D eigenvalue weighted by Crippen LogP contribution is 1.82. The number of hydrogen-bond donors (Lipinski definition) is 1. The summed E-state index contributed by atoms with van der Waals surface area (Å²) in [6, 6.07) is 0. The summed E-state index contributed by atoms with van der Waals surface area (Å²) in [4.78, 5) is 0. The molecule has 0 fully saturated rings. The molecule has 106 valence electrons. The van der Waals surface area contributed by atoms with Gasteiger partial charge in [-0.15, -0.1) is 0 Å². The zero-order valence-electron chi connectivity index (χ0n) is 11.2. The number of nitrogens with one attached hydrogen (secondary N) is 1. The molecule has 0 aromatic rings. The van der Waals surface area contributed by atoms with Crippen LogP contribution in [0.3, 0.4) is 0 Å². The second-order valence-corrected chi connectivity index (χ2v) is 3.39. The first-order valence-corrected chi connectivity index (χ1v) is 6.43. The maximum absolute atomic E-state index is 5.35. The Hall–Kier alpha value is -0.200. The average Bonchev–Trinajstić information content (AvgIpc) is 2.35. The van der Waals surface area contributed by atoms with E-state index in [0.29, 0.717) is 39.6 Å². The summed E-state index contributed by atoms with van der Waals surface area (Å²) in [5, 5.41) is 3.19. The van der Waals surface area contributed by atoms with Gasteiger partial charge in [-0.05, 0) is 13.5 Å². The Balaban J connectivity index is 0. The summed E-state index contributed by atoms with van der Waals surface area (Å²) in [7, 11) is 0. The molecule has 0 atom stereocenters. The molecule has 0 aromatic carbocycles. The Morgan fingerprint density at radius 3 is 1.65 bits per heavy atom. The molecule has 0 unspecified atom stereocenters. The molecule has 0 heterocycles. The molecule has 0 aliphatic heterocycles. The Morgan fingerprint density at radius 1 is 0.706 bits per heavy atom. The molecule has 1 N–H and O–H groups in total. The normalized spacial score (nSPS) is 10.9. The molecule has 0 aliphatic rings. The van der Waals surface area contributed by atoms with Crippen LogP contribution in [0.15, 0.2) is 0 Å². The second kappa shape index (κ2) is 15.8. The van der Waals surface area contributed by atoms with Crippen LogP contribution in [-0.2, 0) is 18.9 Å². The van der Waals surface area contributed by atoms with Crippen molar-refractivity contribution >= 4 is 0 Å². The molecule has 0 radical (unpaired) electrons. The monoisotopic (exact) mass is 251 g/mol. The molecule has 0 saturated heterocycles. The van der Waals surface area contributed by atoms with Gasteiger partial charge in [-0.2, -0.15) is 0 Å². The fourth-order valence-corrected chi connectivity index (χ4v) is 1.13. The molecular formula is C12H29NO4. The van der Waals surface area contributed by atoms with E-state index in [2.05, 4.69) is 12.2 Å². The summed E-state index contributed by atoms with van der Waals surface area (Å²) >= 11 is 0. The lowest BCUT2D eigenvalue weighted by Crippen LogP contribution is -2.20. The van der Waals surface area contributed by atoms with E-state index in [4.69, 9.17) is 18.9 Å². The number of ether oxygens (including phenoxy) is 4. The first kappa shape index (κ1) is 16.8. The van der Waals surface area contributed by atoms with E-state index in [-0.39, 0.29) is 1.43 Å². The van der Waals surface area contributed by atoms with Crippen molar-refractivity contribution in [3.05, 3.63) is 0 Å². The van der Waals surface area contributed by atoms with Crippen LogP contribution in [-0.4, -0.2) is 65.9 Å². The van der Waals surface area contributed by atoms with Gasteiger partial charge in [0.25, 0.3) is 0 Å². The van der Waals surface area contributed by atoms with Crippen LogP contribution in [0.1, 0.15) is 15.3 Å². The summed E-state index contributed by atoms with van der Waals surface area (Å²) in [6.45, 7) is 11.2. The smallest absolute Gasteiger partial charge is 0.0701 e. The van der Waals surface area contributed by atoms with Crippen LogP contribution >= 0.6 is 0 Å². The molecule has 17 heavy (non-hydrogen) atoms. The van der Waals surface area contributed by atoms with Gasteiger partial charge in [0.2, 0.25) is 0 Å². The fraction of sp³-hybridized carbons (Fsp3) is 1.00. The minimum atomic E-state index is 0. The lowest BCUT2D eigenvalue weighted by Gasteiger charge is -2.07. The lowest BCUT2D eigenvalue weighted by atomic mass is 10.6. The van der Waals surface area contributed by atoms with Crippen LogP contribution in [0.5, 0.6) is 0 Å². The summed E-state index contributed by atoms with van der Waals surface area (Å²) in [6.07, 6.45) is 0. The van der Waals surface area contributed by atoms with Gasteiger partial charge in [0, 0.05) is 14.6 Å². The van der Waals surface area contributed by atoms with Gasteiger partial charge in [0.1, 0.15) is 0 Å². The largest absolute Gasteiger partial charge is 0.379 e. The Morgan fingerprint density at radius 2 is 1.18 bits per heavy atom. The van der Waals surface area contributed by atoms with Crippen molar-refractivity contribution in [3.8, 4) is 0 Å². The topological polar surface area (TPSA) is 49.0 Å². The minimum absolute atomic E-state index is 0. The van der Waals surface area contributed by atoms with Gasteiger partial charge >= 0.3 is 0 Å². The van der Waals surface area contributed by atoms with Crippen molar-refractivity contribution in [1.29, 1.82) is 0 Å². The van der Waals surface area contributed by atoms with Gasteiger partial charge < -0.3 is 24.3 Å². The third-order valence-electron chi connectivity index (χ3n) is 1.99. The summed E-state index contributed by atoms with van der Waals surface area (Å²) in [5.41, 5.74) is 0. The molecule has 5 heteroatoms. The Kier molecular flexibility index (Phi) is 15.6. The maximum Gasteiger partial charge on any atom is 0.0701 e. The molecule has 0 saturated carbocycles. The van der Waals surface area contributed by atoms with E-state index in [1.54, 1.807) is 0 Å². The molecule has 0 amide bonds. The van der Waals surface area contributed by atoms with E-state index in [0.717, 1.165) is 26.3 Å². The fourth-order valence-electron chi connectivity index (χ4n) is 1.13. The summed E-state index contributed by atoms with van der Waals surface area (Å²) < 4.78 is 21.1. The highest BCUT2D eigenvalue weighted by molar-refractivity contribution is 4.40. The predicted molar refractivity (Wildman–Crippen MR) is 69.6 cm³/mol. The first-order chi connectivity index (χ1) is 8.41. The highest BCUT2D eigenvalue weighted by atomic mass is 16.6. The van der Waals surface area contributed by atoms with Gasteiger partial charge in [0.15, 0.2) is 0 Å². The van der Waals surface area contributed by atoms with E-state index >= 15 is 0 Å². The molecule has 0 bridgehead atoms. The standard InChI is InChI=1S/C12H27NO4.H2/c1-3-13-5-6-15-9-10-17-12-11-16-8-7-14-4-2;/h13H,3-12H2,1-2H3;1H. The van der Waals surface area contributed by atoms with Crippen molar-refractivity contribution in [2.45, 2.75) is 13.8 Å². The molecule has 5 nitrogen and oxygen atoms in total. The van der Waals surface area contributed by atoms with Crippen LogP contribution in [0.25, 0.3) is 0 Å². The number of hydrogen-bond acceptors (Lipinski definition) is 5. The van der Waals surface area contributed by atoms with E-state index in [9.17, 15) is 0 Å². The SMILES string of the molecule is CCNCCOCCOCCOCCOCC.[HH]. The average molecular weight is 251 g/mol. The van der Waals surface area contributed by atoms with Crippen LogP contribution in [0, 0.1) is 0 Å². The van der Waals surface area contributed by atoms with Crippen LogP contribution in [0.4, 0.5) is 0 Å². The van der Waals surface area contributed by atoms with Gasteiger partial charge in [0.05, 0.1) is 46.2 Å². The molecule has 0 rings (SSSR count). The summed E-state index contributed by atoms with van der Waals surface area (Å²) in [5.74, 6) is 0. The zero-order chi connectivity index (χ0) is 12.6. The first-order valence-electron chi connectivity index (χ1n) is 6.43. The van der Waals surface area contributed by atoms with Crippen molar-refractivity contribution in [2.24, 2.45) is 0 Å². The van der Waals surface area contributed by atoms with Gasteiger partial charge in [-0.25, -0.2) is 0 Å². The predicted octanol–water partition coefficient (Wildman–Crippen LogP) is 0.928. The Labute approximate surface area is 106 Å². The van der Waals surface area contributed by atoms with Gasteiger partial charge in [-0.1, -0.05) is 6.92 Å². The van der Waals surface area contributed by atoms with Crippen molar-refractivity contribution < 1.29 is 20.4 Å². The quantitative estimate of drug-likeness (QED) is 0.465. The highest BCUT2D eigenvalue weighted by Gasteiger charge is 1.91. The third-order valence-corrected chi connectivity index (χ3v) is 1.99. The van der Waals surface area contributed by atoms with Crippen molar-refractivity contribution in [2.75, 3.05) is 65.9 Å².